The number of benzene rings is 1. The van der Waals surface area contributed by atoms with Gasteiger partial charge in [0.1, 0.15) is 5.82 Å². The van der Waals surface area contributed by atoms with Crippen molar-refractivity contribution in [1.82, 2.24) is 14.3 Å². The minimum atomic E-state index is 0.814. The molecule has 3 nitrogen and oxygen atoms in total. The summed E-state index contributed by atoms with van der Waals surface area (Å²) in [6.45, 7) is 1.01. The highest BCUT2D eigenvalue weighted by Crippen LogP contribution is 2.16. The van der Waals surface area contributed by atoms with Crippen LogP contribution in [0.3, 0.4) is 0 Å². The first-order valence-corrected chi connectivity index (χ1v) is 5.51. The molecule has 0 atom stereocenters. The Hall–Kier alpha value is -1.42. The Morgan fingerprint density at radius 1 is 1.20 bits per heavy atom. The van der Waals surface area contributed by atoms with Crippen LogP contribution in [0.1, 0.15) is 12.2 Å². The van der Waals surface area contributed by atoms with Crippen molar-refractivity contribution in [1.29, 1.82) is 0 Å². The molecular weight excluding hydrogens is 206 g/mol. The molecular formula is C11H11N3S. The van der Waals surface area contributed by atoms with Crippen LogP contribution in [0.4, 0.5) is 0 Å². The number of rotatable bonds is 1. The summed E-state index contributed by atoms with van der Waals surface area (Å²) in [6.07, 6.45) is 2.21. The van der Waals surface area contributed by atoms with Crippen molar-refractivity contribution in [2.24, 2.45) is 0 Å². The van der Waals surface area contributed by atoms with Gasteiger partial charge in [0.2, 0.25) is 4.77 Å². The number of nitrogens with zero attached hydrogens (tertiary/aromatic N) is 3. The zero-order valence-electron chi connectivity index (χ0n) is 8.26. The van der Waals surface area contributed by atoms with Gasteiger partial charge < -0.3 is 4.57 Å². The number of aromatic nitrogens is 3. The summed E-state index contributed by atoms with van der Waals surface area (Å²) in [5, 5.41) is 4.54. The van der Waals surface area contributed by atoms with Crippen molar-refractivity contribution in [3.05, 3.63) is 40.9 Å². The fraction of sp³-hybridized carbons (Fsp3) is 0.273. The number of para-hydroxylation sites is 1. The molecule has 0 radical (unpaired) electrons. The first kappa shape index (κ1) is 8.85. The van der Waals surface area contributed by atoms with Gasteiger partial charge in [-0.1, -0.05) is 18.2 Å². The lowest BCUT2D eigenvalue weighted by Crippen LogP contribution is -1.99. The van der Waals surface area contributed by atoms with E-state index in [0.29, 0.717) is 0 Å². The molecule has 3 rings (SSSR count). The maximum Gasteiger partial charge on any atom is 0.202 e. The molecule has 76 valence electrons. The molecule has 0 aliphatic carbocycles. The summed E-state index contributed by atoms with van der Waals surface area (Å²) in [4.78, 5) is 0. The zero-order valence-corrected chi connectivity index (χ0v) is 9.07. The molecule has 0 amide bonds. The summed E-state index contributed by atoms with van der Waals surface area (Å²) in [5.74, 6) is 1.11. The predicted octanol–water partition coefficient (Wildman–Crippen LogP) is 2.35. The monoisotopic (exact) mass is 217 g/mol. The third-order valence-electron chi connectivity index (χ3n) is 2.72. The van der Waals surface area contributed by atoms with Gasteiger partial charge in [0.05, 0.1) is 5.69 Å². The van der Waals surface area contributed by atoms with Crippen LogP contribution in [-0.4, -0.2) is 14.3 Å². The second kappa shape index (κ2) is 3.31. The van der Waals surface area contributed by atoms with Gasteiger partial charge in [-0.3, -0.25) is 0 Å². The highest BCUT2D eigenvalue weighted by atomic mass is 32.1. The average Bonchev–Trinajstić information content (AvgIpc) is 2.83. The number of hydrogen-bond acceptors (Lipinski definition) is 2. The average molecular weight is 217 g/mol. The molecule has 0 saturated carbocycles. The largest absolute Gasteiger partial charge is 0.304 e. The quantitative estimate of drug-likeness (QED) is 0.684. The van der Waals surface area contributed by atoms with Crippen LogP contribution >= 0.6 is 12.2 Å². The van der Waals surface area contributed by atoms with E-state index < -0.39 is 0 Å². The smallest absolute Gasteiger partial charge is 0.202 e. The Bertz CT molecular complexity index is 539. The molecule has 15 heavy (non-hydrogen) atoms. The Morgan fingerprint density at radius 2 is 2.00 bits per heavy atom. The molecule has 0 saturated heterocycles. The van der Waals surface area contributed by atoms with Crippen molar-refractivity contribution in [3.63, 3.8) is 0 Å². The van der Waals surface area contributed by atoms with Gasteiger partial charge >= 0.3 is 0 Å². The fourth-order valence-electron chi connectivity index (χ4n) is 1.98. The lowest BCUT2D eigenvalue weighted by molar-refractivity contribution is 0.710. The Balaban J connectivity index is 2.19. The maximum absolute atomic E-state index is 5.40. The molecule has 1 aliphatic heterocycles. The van der Waals surface area contributed by atoms with E-state index in [1.165, 1.54) is 6.42 Å². The van der Waals surface area contributed by atoms with Crippen LogP contribution in [0, 0.1) is 4.77 Å². The van der Waals surface area contributed by atoms with Crippen molar-refractivity contribution in [2.75, 3.05) is 0 Å². The highest BCUT2D eigenvalue weighted by Gasteiger charge is 2.16. The van der Waals surface area contributed by atoms with Gasteiger partial charge in [-0.2, -0.15) is 5.10 Å². The van der Waals surface area contributed by atoms with Crippen LogP contribution in [0.25, 0.3) is 5.69 Å². The fourth-order valence-corrected chi connectivity index (χ4v) is 2.32. The van der Waals surface area contributed by atoms with E-state index in [1.54, 1.807) is 0 Å². The lowest BCUT2D eigenvalue weighted by atomic mass is 10.3. The summed E-state index contributed by atoms with van der Waals surface area (Å²) >= 11 is 5.40. The van der Waals surface area contributed by atoms with Crippen LogP contribution in [0.5, 0.6) is 0 Å². The first-order chi connectivity index (χ1) is 7.36. The Labute approximate surface area is 93.0 Å². The van der Waals surface area contributed by atoms with E-state index in [-0.39, 0.29) is 0 Å². The maximum atomic E-state index is 5.40. The van der Waals surface area contributed by atoms with Crippen LogP contribution < -0.4 is 0 Å². The van der Waals surface area contributed by atoms with E-state index in [1.807, 2.05) is 35.0 Å². The molecule has 2 aromatic rings. The molecule has 1 aromatic heterocycles. The summed E-state index contributed by atoms with van der Waals surface area (Å²) in [5.41, 5.74) is 1.05. The van der Waals surface area contributed by atoms with Gasteiger partial charge in [-0.05, 0) is 30.8 Å². The van der Waals surface area contributed by atoms with Crippen LogP contribution in [0.15, 0.2) is 30.3 Å². The molecule has 2 heterocycles. The van der Waals surface area contributed by atoms with Crippen molar-refractivity contribution < 1.29 is 0 Å². The summed E-state index contributed by atoms with van der Waals surface area (Å²) in [7, 11) is 0. The third kappa shape index (κ3) is 1.33. The molecule has 0 N–H and O–H groups in total. The Morgan fingerprint density at radius 3 is 2.73 bits per heavy atom. The van der Waals surface area contributed by atoms with E-state index in [9.17, 15) is 0 Å². The minimum absolute atomic E-state index is 0.814. The molecule has 0 fully saturated rings. The van der Waals surface area contributed by atoms with E-state index >= 15 is 0 Å². The lowest BCUT2D eigenvalue weighted by Gasteiger charge is -1.99. The SMILES string of the molecule is S=c1n(-c2ccccc2)nc2n1CCC2. The third-order valence-corrected chi connectivity index (χ3v) is 3.12. The first-order valence-electron chi connectivity index (χ1n) is 5.10. The zero-order chi connectivity index (χ0) is 10.3. The van der Waals surface area contributed by atoms with E-state index in [4.69, 9.17) is 12.2 Å². The standard InChI is InChI=1S/C11H11N3S/c15-11-13-8-4-7-10(13)12-14(11)9-5-2-1-3-6-9/h1-3,5-6H,4,7-8H2. The van der Waals surface area contributed by atoms with Gasteiger partial charge in [-0.25, -0.2) is 4.68 Å². The number of hydrogen-bond donors (Lipinski definition) is 0. The second-order valence-corrected chi connectivity index (χ2v) is 4.07. The minimum Gasteiger partial charge on any atom is -0.304 e. The summed E-state index contributed by atoms with van der Waals surface area (Å²) in [6, 6.07) is 10.1. The Kier molecular flexibility index (Phi) is 1.95. The van der Waals surface area contributed by atoms with E-state index in [0.717, 1.165) is 29.2 Å². The number of fused-ring (bicyclic) bond motifs is 1. The predicted molar refractivity (Wildman–Crippen MR) is 60.7 cm³/mol. The van der Waals surface area contributed by atoms with Gasteiger partial charge in [0, 0.05) is 13.0 Å². The molecule has 1 aliphatic rings. The van der Waals surface area contributed by atoms with Crippen molar-refractivity contribution in [3.8, 4) is 5.69 Å². The molecule has 0 spiro atoms. The van der Waals surface area contributed by atoms with Crippen molar-refractivity contribution in [2.45, 2.75) is 19.4 Å². The van der Waals surface area contributed by atoms with Crippen LogP contribution in [-0.2, 0) is 13.0 Å². The molecule has 4 heteroatoms. The number of aryl methyl sites for hydroxylation is 1. The second-order valence-electron chi connectivity index (χ2n) is 3.70. The van der Waals surface area contributed by atoms with Gasteiger partial charge in [-0.15, -0.1) is 0 Å². The molecule has 1 aromatic carbocycles. The molecule has 0 bridgehead atoms. The van der Waals surface area contributed by atoms with Gasteiger partial charge in [0.25, 0.3) is 0 Å². The van der Waals surface area contributed by atoms with E-state index in [2.05, 4.69) is 9.67 Å². The van der Waals surface area contributed by atoms with Gasteiger partial charge in [0.15, 0.2) is 0 Å². The summed E-state index contributed by atoms with van der Waals surface area (Å²) < 4.78 is 4.79. The highest BCUT2D eigenvalue weighted by molar-refractivity contribution is 7.71. The topological polar surface area (TPSA) is 22.8 Å². The van der Waals surface area contributed by atoms with Crippen LogP contribution in [0.2, 0.25) is 0 Å². The normalized spacial score (nSPS) is 14.1. The molecule has 0 unspecified atom stereocenters. The van der Waals surface area contributed by atoms with Crippen molar-refractivity contribution >= 4 is 12.2 Å².